The molecule has 1 aromatic carbocycles. The lowest BCUT2D eigenvalue weighted by molar-refractivity contribution is 0.384. The zero-order valence-electron chi connectivity index (χ0n) is 12.7. The Hall–Kier alpha value is -2.40. The van der Waals surface area contributed by atoms with Crippen molar-refractivity contribution in [2.45, 2.75) is 19.5 Å². The van der Waals surface area contributed by atoms with Gasteiger partial charge < -0.3 is 15.2 Å². The summed E-state index contributed by atoms with van der Waals surface area (Å²) in [4.78, 5) is 9.89. The summed E-state index contributed by atoms with van der Waals surface area (Å²) >= 11 is 5.56. The molecule has 23 heavy (non-hydrogen) atoms. The van der Waals surface area contributed by atoms with Crippen LogP contribution >= 0.6 is 12.2 Å². The van der Waals surface area contributed by atoms with E-state index in [-0.39, 0.29) is 0 Å². The quantitative estimate of drug-likeness (QED) is 0.712. The molecule has 1 aliphatic heterocycles. The first kappa shape index (κ1) is 14.2. The van der Waals surface area contributed by atoms with Crippen molar-refractivity contribution in [2.75, 3.05) is 6.54 Å². The highest BCUT2D eigenvalue weighted by molar-refractivity contribution is 7.80. The Morgan fingerprint density at radius 2 is 2.17 bits per heavy atom. The van der Waals surface area contributed by atoms with Crippen LogP contribution in [0.4, 0.5) is 0 Å². The second-order valence-electron chi connectivity index (χ2n) is 5.82. The highest BCUT2D eigenvalue weighted by Crippen LogP contribution is 2.27. The third-order valence-electron chi connectivity index (χ3n) is 4.34. The number of hydrogen-bond acceptors (Lipinski definition) is 2. The smallest absolute Gasteiger partial charge is 0.169 e. The van der Waals surface area contributed by atoms with Crippen LogP contribution in [-0.4, -0.2) is 26.5 Å². The molecule has 3 aromatic rings. The first-order valence-corrected chi connectivity index (χ1v) is 8.22. The number of aromatic nitrogens is 2. The summed E-state index contributed by atoms with van der Waals surface area (Å²) in [5.74, 6) is 0. The van der Waals surface area contributed by atoms with Crippen molar-refractivity contribution in [1.82, 2.24) is 20.2 Å². The standard InChI is InChI=1S/C18H18N4S/c23-18(20-11-13-4-3-8-19-10-13)22-9-7-15-14-5-1-2-6-16(14)21-17(15)12-22/h1-6,8,10,21H,7,9,11-12H2,(H,20,23). The molecule has 116 valence electrons. The molecule has 4 nitrogen and oxygen atoms in total. The number of para-hydroxylation sites is 1. The molecule has 0 spiro atoms. The largest absolute Gasteiger partial charge is 0.358 e. The van der Waals surface area contributed by atoms with Gasteiger partial charge in [0.2, 0.25) is 0 Å². The van der Waals surface area contributed by atoms with Crippen LogP contribution in [0, 0.1) is 0 Å². The van der Waals surface area contributed by atoms with Crippen LogP contribution in [0.2, 0.25) is 0 Å². The molecule has 0 saturated carbocycles. The van der Waals surface area contributed by atoms with Crippen molar-refractivity contribution in [3.63, 3.8) is 0 Å². The molecule has 0 bridgehead atoms. The van der Waals surface area contributed by atoms with E-state index in [1.54, 1.807) is 6.20 Å². The SMILES string of the molecule is S=C(NCc1cccnc1)N1CCc2c([nH]c3ccccc23)C1. The minimum absolute atomic E-state index is 0.711. The molecule has 0 fully saturated rings. The van der Waals surface area contributed by atoms with Crippen molar-refractivity contribution in [3.8, 4) is 0 Å². The van der Waals surface area contributed by atoms with Gasteiger partial charge in [0.05, 0.1) is 6.54 Å². The van der Waals surface area contributed by atoms with E-state index >= 15 is 0 Å². The average molecular weight is 322 g/mol. The van der Waals surface area contributed by atoms with Crippen LogP contribution < -0.4 is 5.32 Å². The highest BCUT2D eigenvalue weighted by atomic mass is 32.1. The Labute approximate surface area is 140 Å². The van der Waals surface area contributed by atoms with Gasteiger partial charge in [-0.25, -0.2) is 0 Å². The fourth-order valence-corrected chi connectivity index (χ4v) is 3.39. The van der Waals surface area contributed by atoms with E-state index < -0.39 is 0 Å². The second kappa shape index (κ2) is 6.01. The minimum atomic E-state index is 0.711. The van der Waals surface area contributed by atoms with Crippen LogP contribution in [0.25, 0.3) is 10.9 Å². The summed E-state index contributed by atoms with van der Waals surface area (Å²) in [6.07, 6.45) is 4.67. The molecule has 1 aliphatic rings. The van der Waals surface area contributed by atoms with Crippen molar-refractivity contribution in [3.05, 3.63) is 65.6 Å². The topological polar surface area (TPSA) is 44.0 Å². The Kier molecular flexibility index (Phi) is 3.71. The van der Waals surface area contributed by atoms with Gasteiger partial charge in [0, 0.05) is 42.1 Å². The van der Waals surface area contributed by atoms with Crippen LogP contribution in [0.1, 0.15) is 16.8 Å². The number of hydrogen-bond donors (Lipinski definition) is 2. The van der Waals surface area contributed by atoms with Crippen LogP contribution in [0.5, 0.6) is 0 Å². The number of H-pyrrole nitrogens is 1. The van der Waals surface area contributed by atoms with Gasteiger partial charge in [-0.1, -0.05) is 24.3 Å². The normalized spacial score (nSPS) is 13.8. The monoisotopic (exact) mass is 322 g/mol. The van der Waals surface area contributed by atoms with Gasteiger partial charge in [-0.15, -0.1) is 0 Å². The lowest BCUT2D eigenvalue weighted by Gasteiger charge is -2.29. The summed E-state index contributed by atoms with van der Waals surface area (Å²) in [6, 6.07) is 12.5. The second-order valence-corrected chi connectivity index (χ2v) is 6.21. The van der Waals surface area contributed by atoms with E-state index in [0.717, 1.165) is 30.2 Å². The van der Waals surface area contributed by atoms with Gasteiger partial charge in [-0.05, 0) is 41.9 Å². The maximum absolute atomic E-state index is 5.56. The molecular weight excluding hydrogens is 304 g/mol. The molecule has 3 heterocycles. The molecule has 2 N–H and O–H groups in total. The van der Waals surface area contributed by atoms with Gasteiger partial charge in [-0.2, -0.15) is 0 Å². The fourth-order valence-electron chi connectivity index (χ4n) is 3.16. The number of rotatable bonds is 2. The lowest BCUT2D eigenvalue weighted by atomic mass is 10.0. The minimum Gasteiger partial charge on any atom is -0.358 e. The number of fused-ring (bicyclic) bond motifs is 3. The van der Waals surface area contributed by atoms with Crippen LogP contribution in [0.15, 0.2) is 48.8 Å². The maximum atomic E-state index is 5.56. The lowest BCUT2D eigenvalue weighted by Crippen LogP contribution is -2.42. The Morgan fingerprint density at radius 3 is 3.04 bits per heavy atom. The number of nitrogens with zero attached hydrogens (tertiary/aromatic N) is 2. The molecule has 0 saturated heterocycles. The number of pyridine rings is 1. The summed E-state index contributed by atoms with van der Waals surface area (Å²) in [5, 5.41) is 5.48. The van der Waals surface area contributed by atoms with Crippen molar-refractivity contribution >= 4 is 28.2 Å². The van der Waals surface area contributed by atoms with Gasteiger partial charge in [-0.3, -0.25) is 4.98 Å². The zero-order chi connectivity index (χ0) is 15.6. The molecular formula is C18H18N4S. The van der Waals surface area contributed by atoms with Gasteiger partial charge in [0.1, 0.15) is 0 Å². The third-order valence-corrected chi connectivity index (χ3v) is 4.74. The Balaban J connectivity index is 1.46. The van der Waals surface area contributed by atoms with Crippen molar-refractivity contribution < 1.29 is 0 Å². The van der Waals surface area contributed by atoms with Crippen molar-refractivity contribution in [2.24, 2.45) is 0 Å². The van der Waals surface area contributed by atoms with Crippen LogP contribution in [-0.2, 0) is 19.5 Å². The van der Waals surface area contributed by atoms with Gasteiger partial charge in [0.25, 0.3) is 0 Å². The first-order valence-electron chi connectivity index (χ1n) is 7.81. The number of nitrogens with one attached hydrogen (secondary N) is 2. The Morgan fingerprint density at radius 1 is 1.26 bits per heavy atom. The van der Waals surface area contributed by atoms with E-state index in [9.17, 15) is 0 Å². The van der Waals surface area contributed by atoms with E-state index in [1.165, 1.54) is 22.2 Å². The summed E-state index contributed by atoms with van der Waals surface area (Å²) in [6.45, 7) is 2.50. The molecule has 0 amide bonds. The van der Waals surface area contributed by atoms with E-state index in [4.69, 9.17) is 12.2 Å². The highest BCUT2D eigenvalue weighted by Gasteiger charge is 2.21. The molecule has 0 aliphatic carbocycles. The summed E-state index contributed by atoms with van der Waals surface area (Å²) < 4.78 is 0. The predicted molar refractivity (Wildman–Crippen MR) is 96.1 cm³/mol. The summed E-state index contributed by atoms with van der Waals surface area (Å²) in [5.41, 5.74) is 5.07. The first-order chi connectivity index (χ1) is 11.3. The predicted octanol–water partition coefficient (Wildman–Crippen LogP) is 3.00. The van der Waals surface area contributed by atoms with Gasteiger partial charge >= 0.3 is 0 Å². The van der Waals surface area contributed by atoms with E-state index in [0.29, 0.717) is 6.54 Å². The third kappa shape index (κ3) is 2.80. The number of benzene rings is 1. The summed E-state index contributed by atoms with van der Waals surface area (Å²) in [7, 11) is 0. The molecule has 0 unspecified atom stereocenters. The van der Waals surface area contributed by atoms with E-state index in [1.807, 2.05) is 12.3 Å². The molecule has 0 atom stereocenters. The number of thiocarbonyl (C=S) groups is 1. The Bertz CT molecular complexity index is 841. The maximum Gasteiger partial charge on any atom is 0.169 e. The zero-order valence-corrected chi connectivity index (χ0v) is 13.6. The number of aromatic amines is 1. The molecule has 0 radical (unpaired) electrons. The van der Waals surface area contributed by atoms with Gasteiger partial charge in [0.15, 0.2) is 5.11 Å². The molecule has 4 rings (SSSR count). The van der Waals surface area contributed by atoms with E-state index in [2.05, 4.69) is 50.5 Å². The molecule has 5 heteroatoms. The fraction of sp³-hybridized carbons (Fsp3) is 0.222. The van der Waals surface area contributed by atoms with Crippen molar-refractivity contribution in [1.29, 1.82) is 0 Å². The average Bonchev–Trinajstić information content (AvgIpc) is 2.98. The van der Waals surface area contributed by atoms with Crippen LogP contribution in [0.3, 0.4) is 0 Å². The molecule has 2 aromatic heterocycles.